The van der Waals surface area contributed by atoms with Gasteiger partial charge in [-0.05, 0) is 19.9 Å². The maximum Gasteiger partial charge on any atom is 0.254 e. The molecule has 1 unspecified atom stereocenters. The minimum Gasteiger partial charge on any atom is -0.367 e. The van der Waals surface area contributed by atoms with E-state index in [2.05, 4.69) is 4.98 Å². The first-order valence-corrected chi connectivity index (χ1v) is 6.27. The molecule has 1 amide bonds. The fourth-order valence-corrected chi connectivity index (χ4v) is 2.33. The molecule has 0 bridgehead atoms. The minimum atomic E-state index is -0.431. The van der Waals surface area contributed by atoms with Gasteiger partial charge in [-0.15, -0.1) is 0 Å². The van der Waals surface area contributed by atoms with Crippen molar-refractivity contribution in [3.8, 4) is 0 Å². The summed E-state index contributed by atoms with van der Waals surface area (Å²) in [6, 6.07) is 2.91. The second kappa shape index (κ2) is 5.14. The Balaban J connectivity index is 2.21. The Morgan fingerprint density at radius 1 is 1.63 bits per heavy atom. The maximum atomic E-state index is 12.4. The van der Waals surface area contributed by atoms with Crippen molar-refractivity contribution in [2.45, 2.75) is 25.6 Å². The monoisotopic (exact) mass is 265 g/mol. The lowest BCUT2D eigenvalue weighted by Crippen LogP contribution is -2.56. The molecule has 3 N–H and O–H groups in total. The summed E-state index contributed by atoms with van der Waals surface area (Å²) >= 11 is 0. The van der Waals surface area contributed by atoms with Crippen molar-refractivity contribution in [3.63, 3.8) is 0 Å². The van der Waals surface area contributed by atoms with Crippen molar-refractivity contribution in [3.05, 3.63) is 34.2 Å². The third kappa shape index (κ3) is 3.21. The average Bonchev–Trinajstić information content (AvgIpc) is 2.36. The van der Waals surface area contributed by atoms with E-state index < -0.39 is 5.60 Å². The predicted octanol–water partition coefficient (Wildman–Crippen LogP) is -0.0468. The zero-order valence-corrected chi connectivity index (χ0v) is 11.2. The third-order valence-electron chi connectivity index (χ3n) is 3.05. The number of nitrogens with one attached hydrogen (secondary N) is 1. The lowest BCUT2D eigenvalue weighted by Gasteiger charge is -2.42. The van der Waals surface area contributed by atoms with Crippen molar-refractivity contribution in [2.24, 2.45) is 5.73 Å². The van der Waals surface area contributed by atoms with Crippen LogP contribution in [0.3, 0.4) is 0 Å². The number of amides is 1. The van der Waals surface area contributed by atoms with Gasteiger partial charge in [0, 0.05) is 37.5 Å². The first kappa shape index (κ1) is 13.8. The Morgan fingerprint density at radius 2 is 2.37 bits per heavy atom. The smallest absolute Gasteiger partial charge is 0.254 e. The summed E-state index contributed by atoms with van der Waals surface area (Å²) in [5.41, 5.74) is 5.30. The molecule has 0 aliphatic carbocycles. The van der Waals surface area contributed by atoms with Gasteiger partial charge in [-0.25, -0.2) is 0 Å². The molecular weight excluding hydrogens is 246 g/mol. The highest BCUT2D eigenvalue weighted by molar-refractivity contribution is 5.94. The highest BCUT2D eigenvalue weighted by Crippen LogP contribution is 2.21. The van der Waals surface area contributed by atoms with Gasteiger partial charge in [0.05, 0.1) is 11.7 Å². The van der Waals surface area contributed by atoms with Crippen molar-refractivity contribution >= 4 is 5.91 Å². The highest BCUT2D eigenvalue weighted by atomic mass is 16.5. The SMILES string of the molecule is CC1(C)CN(C(=O)c2cc[nH]c(=O)c2)CC(CN)O1. The van der Waals surface area contributed by atoms with E-state index in [1.165, 1.54) is 12.3 Å². The number of rotatable bonds is 2. The lowest BCUT2D eigenvalue weighted by atomic mass is 10.0. The number of aromatic amines is 1. The van der Waals surface area contributed by atoms with Gasteiger partial charge in [0.25, 0.3) is 5.91 Å². The quantitative estimate of drug-likeness (QED) is 0.785. The predicted molar refractivity (Wildman–Crippen MR) is 71.0 cm³/mol. The van der Waals surface area contributed by atoms with Crippen molar-refractivity contribution in [1.82, 2.24) is 9.88 Å². The molecule has 1 aliphatic heterocycles. The number of nitrogens with zero attached hydrogens (tertiary/aromatic N) is 1. The van der Waals surface area contributed by atoms with Crippen LogP contribution in [0.1, 0.15) is 24.2 Å². The van der Waals surface area contributed by atoms with Crippen LogP contribution in [0.2, 0.25) is 0 Å². The van der Waals surface area contributed by atoms with Gasteiger partial charge in [-0.1, -0.05) is 0 Å². The number of H-pyrrole nitrogens is 1. The number of ether oxygens (including phenoxy) is 1. The second-order valence-corrected chi connectivity index (χ2v) is 5.36. The zero-order valence-electron chi connectivity index (χ0n) is 11.2. The molecule has 2 rings (SSSR count). The van der Waals surface area contributed by atoms with Crippen LogP contribution in [0.4, 0.5) is 0 Å². The molecule has 1 aromatic heterocycles. The molecule has 6 heteroatoms. The summed E-state index contributed by atoms with van der Waals surface area (Å²) in [5, 5.41) is 0. The molecule has 0 radical (unpaired) electrons. The van der Waals surface area contributed by atoms with Crippen LogP contribution in [0.25, 0.3) is 0 Å². The van der Waals surface area contributed by atoms with Crippen LogP contribution >= 0.6 is 0 Å². The molecule has 104 valence electrons. The fourth-order valence-electron chi connectivity index (χ4n) is 2.33. The molecule has 1 saturated heterocycles. The summed E-state index contributed by atoms with van der Waals surface area (Å²) in [6.07, 6.45) is 1.30. The highest BCUT2D eigenvalue weighted by Gasteiger charge is 2.35. The summed E-state index contributed by atoms with van der Waals surface area (Å²) in [6.45, 7) is 5.14. The first-order chi connectivity index (χ1) is 8.91. The molecule has 0 saturated carbocycles. The van der Waals surface area contributed by atoms with Gasteiger partial charge in [-0.2, -0.15) is 0 Å². The zero-order chi connectivity index (χ0) is 14.0. The van der Waals surface area contributed by atoms with Crippen LogP contribution in [-0.2, 0) is 4.74 Å². The summed E-state index contributed by atoms with van der Waals surface area (Å²) < 4.78 is 5.78. The summed E-state index contributed by atoms with van der Waals surface area (Å²) in [4.78, 5) is 27.8. The molecule has 0 aromatic carbocycles. The number of aromatic nitrogens is 1. The Bertz CT molecular complexity index is 524. The minimum absolute atomic E-state index is 0.166. The molecule has 19 heavy (non-hydrogen) atoms. The van der Waals surface area contributed by atoms with E-state index in [4.69, 9.17) is 10.5 Å². The number of pyridine rings is 1. The number of carbonyl (C=O) groups is 1. The number of carbonyl (C=O) groups excluding carboxylic acids is 1. The van der Waals surface area contributed by atoms with Gasteiger partial charge in [0.15, 0.2) is 0 Å². The first-order valence-electron chi connectivity index (χ1n) is 6.27. The van der Waals surface area contributed by atoms with E-state index >= 15 is 0 Å². The van der Waals surface area contributed by atoms with E-state index in [1.54, 1.807) is 11.0 Å². The number of morpholine rings is 1. The maximum absolute atomic E-state index is 12.4. The van der Waals surface area contributed by atoms with E-state index in [9.17, 15) is 9.59 Å². The van der Waals surface area contributed by atoms with E-state index in [0.29, 0.717) is 25.2 Å². The van der Waals surface area contributed by atoms with Gasteiger partial charge in [-0.3, -0.25) is 9.59 Å². The third-order valence-corrected chi connectivity index (χ3v) is 3.05. The summed E-state index contributed by atoms with van der Waals surface area (Å²) in [7, 11) is 0. The number of nitrogens with two attached hydrogens (primary N) is 1. The number of hydrogen-bond acceptors (Lipinski definition) is 4. The molecule has 6 nitrogen and oxygen atoms in total. The fraction of sp³-hybridized carbons (Fsp3) is 0.538. The summed E-state index contributed by atoms with van der Waals surface area (Å²) in [5.74, 6) is -0.166. The molecule has 0 spiro atoms. The van der Waals surface area contributed by atoms with Gasteiger partial charge < -0.3 is 20.4 Å². The largest absolute Gasteiger partial charge is 0.367 e. The van der Waals surface area contributed by atoms with Crippen LogP contribution in [0, 0.1) is 0 Å². The Kier molecular flexibility index (Phi) is 3.73. The molecule has 1 aliphatic rings. The lowest BCUT2D eigenvalue weighted by molar-refractivity contribution is -0.122. The molecule has 1 atom stereocenters. The van der Waals surface area contributed by atoms with Crippen LogP contribution in [-0.4, -0.2) is 47.1 Å². The molecular formula is C13H19N3O3. The van der Waals surface area contributed by atoms with Gasteiger partial charge in [0.1, 0.15) is 0 Å². The number of hydrogen-bond donors (Lipinski definition) is 2. The molecule has 1 aromatic rings. The van der Waals surface area contributed by atoms with Gasteiger partial charge in [0.2, 0.25) is 5.56 Å². The molecule has 1 fully saturated rings. The van der Waals surface area contributed by atoms with Gasteiger partial charge >= 0.3 is 0 Å². The van der Waals surface area contributed by atoms with E-state index in [0.717, 1.165) is 0 Å². The standard InChI is InChI=1S/C13H19N3O3/c1-13(2)8-16(7-10(6-14)19-13)12(18)9-3-4-15-11(17)5-9/h3-5,10H,6-8,14H2,1-2H3,(H,15,17). The van der Waals surface area contributed by atoms with Crippen LogP contribution in [0.15, 0.2) is 23.1 Å². The topological polar surface area (TPSA) is 88.4 Å². The molecule has 2 heterocycles. The Morgan fingerprint density at radius 3 is 3.00 bits per heavy atom. The van der Waals surface area contributed by atoms with Crippen molar-refractivity contribution in [1.29, 1.82) is 0 Å². The van der Waals surface area contributed by atoms with Crippen LogP contribution < -0.4 is 11.3 Å². The van der Waals surface area contributed by atoms with Crippen molar-refractivity contribution in [2.75, 3.05) is 19.6 Å². The average molecular weight is 265 g/mol. The Hall–Kier alpha value is -1.66. The van der Waals surface area contributed by atoms with E-state index in [-0.39, 0.29) is 17.6 Å². The van der Waals surface area contributed by atoms with Crippen molar-refractivity contribution < 1.29 is 9.53 Å². The Labute approximate surface area is 111 Å². The normalized spacial score (nSPS) is 22.3. The van der Waals surface area contributed by atoms with E-state index in [1.807, 2.05) is 13.8 Å². The second-order valence-electron chi connectivity index (χ2n) is 5.36. The van der Waals surface area contributed by atoms with Crippen LogP contribution in [0.5, 0.6) is 0 Å².